The van der Waals surface area contributed by atoms with Gasteiger partial charge in [0.15, 0.2) is 17.1 Å². The van der Waals surface area contributed by atoms with E-state index < -0.39 is 0 Å². The van der Waals surface area contributed by atoms with Gasteiger partial charge in [-0.1, -0.05) is 6.07 Å². The van der Waals surface area contributed by atoms with Crippen LogP contribution >= 0.6 is 0 Å². The predicted octanol–water partition coefficient (Wildman–Crippen LogP) is 2.45. The van der Waals surface area contributed by atoms with E-state index in [1.54, 1.807) is 42.7 Å². The van der Waals surface area contributed by atoms with Gasteiger partial charge in [-0.3, -0.25) is 15.3 Å². The molecule has 5 N–H and O–H groups in total. The van der Waals surface area contributed by atoms with E-state index in [0.717, 1.165) is 5.56 Å². The maximum atomic E-state index is 11.7. The van der Waals surface area contributed by atoms with Gasteiger partial charge in [0.25, 0.3) is 0 Å². The maximum Gasteiger partial charge on any atom is 0.320 e. The molecule has 3 rings (SSSR count). The van der Waals surface area contributed by atoms with Crippen LogP contribution in [0.15, 0.2) is 47.7 Å². The first kappa shape index (κ1) is 21.5. The number of ether oxygens (including phenoxy) is 1. The lowest BCUT2D eigenvalue weighted by Crippen LogP contribution is -2.28. The van der Waals surface area contributed by atoms with Crippen LogP contribution in [0.25, 0.3) is 16.7 Å². The summed E-state index contributed by atoms with van der Waals surface area (Å²) in [6.07, 6.45) is 4.55. The molecule has 0 saturated carbocycles. The molecule has 31 heavy (non-hydrogen) atoms. The first-order valence-corrected chi connectivity index (χ1v) is 9.50. The van der Waals surface area contributed by atoms with E-state index in [2.05, 4.69) is 30.6 Å². The summed E-state index contributed by atoms with van der Waals surface area (Å²) in [7, 11) is 1.49. The molecule has 0 unspecified atom stereocenters. The van der Waals surface area contributed by atoms with Crippen molar-refractivity contribution in [2.24, 2.45) is 10.7 Å². The number of fused-ring (bicyclic) bond motifs is 1. The number of aromatic nitrogens is 3. The first-order valence-electron chi connectivity index (χ1n) is 9.50. The minimum atomic E-state index is -0.348. The Morgan fingerprint density at radius 1 is 1.29 bits per heavy atom. The highest BCUT2D eigenvalue weighted by molar-refractivity contribution is 6.09. The zero-order chi connectivity index (χ0) is 22.2. The lowest BCUT2D eigenvalue weighted by Gasteiger charge is -2.07. The highest BCUT2D eigenvalue weighted by Gasteiger charge is 2.08. The molecule has 0 atom stereocenters. The fraction of sp³-hybridized carbons (Fsp3) is 0.190. The van der Waals surface area contributed by atoms with Gasteiger partial charge in [0.05, 0.1) is 25.5 Å². The number of hydrogen-bond acceptors (Lipinski definition) is 8. The van der Waals surface area contributed by atoms with Crippen molar-refractivity contribution in [3.05, 3.63) is 54.0 Å². The zero-order valence-electron chi connectivity index (χ0n) is 17.2. The fourth-order valence-electron chi connectivity index (χ4n) is 2.69. The molecule has 1 aromatic carbocycles. The first-order chi connectivity index (χ1) is 15.0. The van der Waals surface area contributed by atoms with Crippen molar-refractivity contribution in [1.29, 1.82) is 0 Å². The van der Waals surface area contributed by atoms with E-state index in [1.165, 1.54) is 13.3 Å². The van der Waals surface area contributed by atoms with Crippen molar-refractivity contribution >= 4 is 34.8 Å². The molecule has 3 aromatic rings. The van der Waals surface area contributed by atoms with Gasteiger partial charge in [0.1, 0.15) is 11.3 Å². The van der Waals surface area contributed by atoms with Crippen LogP contribution in [0.3, 0.4) is 0 Å². The molecule has 0 fully saturated rings. The normalized spacial score (nSPS) is 11.6. The van der Waals surface area contributed by atoms with Crippen molar-refractivity contribution in [3.63, 3.8) is 0 Å². The van der Waals surface area contributed by atoms with Gasteiger partial charge >= 0.3 is 6.03 Å². The van der Waals surface area contributed by atoms with Crippen molar-refractivity contribution in [3.8, 4) is 11.5 Å². The van der Waals surface area contributed by atoms with Gasteiger partial charge in [-0.15, -0.1) is 0 Å². The molecule has 0 aliphatic carbocycles. The second-order valence-corrected chi connectivity index (χ2v) is 6.38. The quantitative estimate of drug-likeness (QED) is 0.428. The van der Waals surface area contributed by atoms with Crippen LogP contribution < -0.4 is 21.1 Å². The van der Waals surface area contributed by atoms with Crippen molar-refractivity contribution in [2.75, 3.05) is 19.0 Å². The molecular weight excluding hydrogens is 398 g/mol. The lowest BCUT2D eigenvalue weighted by molar-refractivity contribution is 0.252. The van der Waals surface area contributed by atoms with Crippen LogP contribution in [0.5, 0.6) is 11.5 Å². The van der Waals surface area contributed by atoms with Gasteiger partial charge in [0, 0.05) is 24.5 Å². The minimum absolute atomic E-state index is 0.0674. The Balaban J connectivity index is 1.78. The summed E-state index contributed by atoms with van der Waals surface area (Å²) >= 11 is 0. The number of nitrogens with one attached hydrogen (secondary N) is 2. The third-order valence-corrected chi connectivity index (χ3v) is 4.21. The van der Waals surface area contributed by atoms with Crippen molar-refractivity contribution < 1.29 is 14.6 Å². The number of amides is 2. The van der Waals surface area contributed by atoms with Crippen LogP contribution in [0.4, 0.5) is 10.6 Å². The molecule has 2 heterocycles. The van der Waals surface area contributed by atoms with E-state index >= 15 is 0 Å². The summed E-state index contributed by atoms with van der Waals surface area (Å²) in [5.41, 5.74) is 8.61. The van der Waals surface area contributed by atoms with Crippen molar-refractivity contribution in [1.82, 2.24) is 20.3 Å². The molecule has 0 bridgehead atoms. The van der Waals surface area contributed by atoms with Crippen LogP contribution in [-0.2, 0) is 6.54 Å². The standard InChI is InChI=1S/C21H23N7O3/c1-3-24-21(30)28-19-7-5-15-20(27-19)26-16(12-25-15)14(9-22)11-23-10-13-4-6-17(29)18(8-13)31-2/h4-9,11-12,29H,3,10,22H2,1-2H3,(H2,24,26,27,28,30). The number of benzene rings is 1. The number of phenols is 1. The highest BCUT2D eigenvalue weighted by atomic mass is 16.5. The predicted molar refractivity (Wildman–Crippen MR) is 119 cm³/mol. The number of nitrogens with zero attached hydrogens (tertiary/aromatic N) is 4. The second kappa shape index (κ2) is 10.0. The Hall–Kier alpha value is -4.21. The summed E-state index contributed by atoms with van der Waals surface area (Å²) < 4.78 is 5.10. The minimum Gasteiger partial charge on any atom is -0.504 e. The van der Waals surface area contributed by atoms with Gasteiger partial charge in [-0.25, -0.2) is 14.8 Å². The van der Waals surface area contributed by atoms with Crippen LogP contribution in [-0.4, -0.2) is 46.0 Å². The Morgan fingerprint density at radius 2 is 2.13 bits per heavy atom. The molecule has 0 spiro atoms. The molecule has 10 heteroatoms. The van der Waals surface area contributed by atoms with Gasteiger partial charge < -0.3 is 20.9 Å². The number of nitrogens with two attached hydrogens (primary N) is 1. The molecule has 2 aromatic heterocycles. The van der Waals surface area contributed by atoms with E-state index in [-0.39, 0.29) is 11.8 Å². The average molecular weight is 421 g/mol. The smallest absolute Gasteiger partial charge is 0.320 e. The summed E-state index contributed by atoms with van der Waals surface area (Å²) in [5.74, 6) is 0.807. The van der Waals surface area contributed by atoms with Crippen molar-refractivity contribution in [2.45, 2.75) is 13.5 Å². The van der Waals surface area contributed by atoms with E-state index in [1.807, 2.05) is 6.92 Å². The maximum absolute atomic E-state index is 11.7. The Labute approximate surface area is 178 Å². The monoisotopic (exact) mass is 421 g/mol. The number of methoxy groups -OCH3 is 1. The summed E-state index contributed by atoms with van der Waals surface area (Å²) in [5, 5.41) is 15.0. The SMILES string of the molecule is CCNC(=O)Nc1ccc2ncc(C(C=NCc3ccc(O)c(OC)c3)=CN)nc2n1. The van der Waals surface area contributed by atoms with E-state index in [0.29, 0.717) is 47.1 Å². The largest absolute Gasteiger partial charge is 0.504 e. The van der Waals surface area contributed by atoms with E-state index in [4.69, 9.17) is 10.5 Å². The number of hydrogen-bond donors (Lipinski definition) is 4. The molecule has 0 saturated heterocycles. The van der Waals surface area contributed by atoms with Gasteiger partial charge in [-0.2, -0.15) is 0 Å². The molecule has 0 aliphatic heterocycles. The Morgan fingerprint density at radius 3 is 2.87 bits per heavy atom. The number of carbonyl (C=O) groups excluding carboxylic acids is 1. The second-order valence-electron chi connectivity index (χ2n) is 6.38. The molecule has 10 nitrogen and oxygen atoms in total. The van der Waals surface area contributed by atoms with Crippen LogP contribution in [0.1, 0.15) is 18.2 Å². The lowest BCUT2D eigenvalue weighted by atomic mass is 10.2. The molecular formula is C21H23N7O3. The van der Waals surface area contributed by atoms with Gasteiger partial charge in [0.2, 0.25) is 0 Å². The van der Waals surface area contributed by atoms with Crippen LogP contribution in [0.2, 0.25) is 0 Å². The number of pyridine rings is 1. The van der Waals surface area contributed by atoms with E-state index in [9.17, 15) is 9.90 Å². The topological polar surface area (TPSA) is 148 Å². The fourth-order valence-corrected chi connectivity index (χ4v) is 2.69. The summed E-state index contributed by atoms with van der Waals surface area (Å²) in [6.45, 7) is 2.68. The number of anilines is 1. The molecule has 2 amide bonds. The molecule has 0 radical (unpaired) electrons. The Kier molecular flexibility index (Phi) is 6.94. The van der Waals surface area contributed by atoms with Gasteiger partial charge in [-0.05, 0) is 36.8 Å². The number of allylic oxidation sites excluding steroid dienone is 1. The third-order valence-electron chi connectivity index (χ3n) is 4.21. The number of urea groups is 1. The Bertz CT molecular complexity index is 1150. The number of phenolic OH excluding ortho intramolecular Hbond substituents is 1. The summed E-state index contributed by atoms with van der Waals surface area (Å²) in [6, 6.07) is 8.04. The average Bonchev–Trinajstić information content (AvgIpc) is 2.77. The summed E-state index contributed by atoms with van der Waals surface area (Å²) in [4.78, 5) is 29.3. The number of rotatable bonds is 7. The molecule has 160 valence electrons. The highest BCUT2D eigenvalue weighted by Crippen LogP contribution is 2.26. The number of carbonyl (C=O) groups is 1. The number of aromatic hydroxyl groups is 1. The zero-order valence-corrected chi connectivity index (χ0v) is 17.2. The van der Waals surface area contributed by atoms with Crippen LogP contribution in [0, 0.1) is 0 Å². The molecule has 0 aliphatic rings. The third kappa shape index (κ3) is 5.44. The number of aliphatic imine (C=N–C) groups is 1.